The summed E-state index contributed by atoms with van der Waals surface area (Å²) in [5.41, 5.74) is 1.82. The van der Waals surface area contributed by atoms with Crippen molar-refractivity contribution >= 4 is 0 Å². The fraction of sp³-hybridized carbons (Fsp3) is 0.478. The summed E-state index contributed by atoms with van der Waals surface area (Å²) in [7, 11) is 0. The van der Waals surface area contributed by atoms with Gasteiger partial charge in [0.2, 0.25) is 0 Å². The van der Waals surface area contributed by atoms with Gasteiger partial charge in [-0.05, 0) is 43.2 Å². The molecule has 0 amide bonds. The van der Waals surface area contributed by atoms with Crippen molar-refractivity contribution in [2.45, 2.75) is 70.3 Å². The Morgan fingerprint density at radius 2 is 1.29 bits per heavy atom. The van der Waals surface area contributed by atoms with Gasteiger partial charge in [-0.1, -0.05) is 93.3 Å². The molecule has 0 aliphatic carbocycles. The Balaban J connectivity index is 1.88. The minimum Gasteiger partial charge on any atom is -0.385 e. The molecule has 0 saturated carbocycles. The number of hydrogen-bond acceptors (Lipinski definition) is 1. The van der Waals surface area contributed by atoms with Crippen LogP contribution < -0.4 is 0 Å². The van der Waals surface area contributed by atoms with Gasteiger partial charge in [-0.2, -0.15) is 0 Å². The molecule has 0 aromatic heterocycles. The number of hydrogen-bond donors (Lipinski definition) is 1. The van der Waals surface area contributed by atoms with E-state index in [1.165, 1.54) is 24.8 Å². The highest BCUT2D eigenvalue weighted by molar-refractivity contribution is 5.22. The molecule has 24 heavy (non-hydrogen) atoms. The van der Waals surface area contributed by atoms with Crippen LogP contribution in [0.15, 0.2) is 60.7 Å². The number of benzene rings is 2. The lowest BCUT2D eigenvalue weighted by molar-refractivity contribution is 0.0134. The Bertz CT molecular complexity index is 549. The van der Waals surface area contributed by atoms with E-state index in [-0.39, 0.29) is 0 Å². The summed E-state index contributed by atoms with van der Waals surface area (Å²) in [5.74, 6) is 0. The van der Waals surface area contributed by atoms with Crippen LogP contribution in [-0.4, -0.2) is 5.11 Å². The summed E-state index contributed by atoms with van der Waals surface area (Å²) < 4.78 is 0. The summed E-state index contributed by atoms with van der Waals surface area (Å²) in [6.07, 6.45) is 9.86. The molecule has 0 saturated heterocycles. The lowest BCUT2D eigenvalue weighted by Crippen LogP contribution is -2.25. The van der Waals surface area contributed by atoms with Crippen molar-refractivity contribution in [2.75, 3.05) is 0 Å². The fourth-order valence-corrected chi connectivity index (χ4v) is 3.40. The smallest absolute Gasteiger partial charge is 0.0896 e. The van der Waals surface area contributed by atoms with E-state index >= 15 is 0 Å². The second-order valence-electron chi connectivity index (χ2n) is 6.90. The van der Waals surface area contributed by atoms with Gasteiger partial charge in [0, 0.05) is 0 Å². The van der Waals surface area contributed by atoms with Gasteiger partial charge in [-0.15, -0.1) is 0 Å². The second-order valence-corrected chi connectivity index (χ2v) is 6.90. The standard InChI is InChI=1S/C23H32O/c1-2-3-4-12-19-23(24,22-17-9-6-10-18-22)20-13-11-16-21-14-7-5-8-15-21/h5-10,14-15,17-18,24H,2-4,11-13,16,19-20H2,1H3. The molecule has 0 aliphatic rings. The van der Waals surface area contributed by atoms with Gasteiger partial charge in [0.25, 0.3) is 0 Å². The quantitative estimate of drug-likeness (QED) is 0.484. The van der Waals surface area contributed by atoms with Crippen LogP contribution in [0.2, 0.25) is 0 Å². The molecule has 0 spiro atoms. The lowest BCUT2D eigenvalue weighted by Gasteiger charge is -2.29. The minimum absolute atomic E-state index is 0.661. The first-order valence-electron chi connectivity index (χ1n) is 9.56. The molecular weight excluding hydrogens is 292 g/mol. The van der Waals surface area contributed by atoms with Crippen LogP contribution in [0.4, 0.5) is 0 Å². The molecule has 0 heterocycles. The van der Waals surface area contributed by atoms with Crippen molar-refractivity contribution in [1.82, 2.24) is 0 Å². The Kier molecular flexibility index (Phi) is 8.04. The normalized spacial score (nSPS) is 13.6. The molecule has 0 aliphatic heterocycles. The zero-order valence-electron chi connectivity index (χ0n) is 15.1. The third-order valence-electron chi connectivity index (χ3n) is 4.90. The Morgan fingerprint density at radius 3 is 1.92 bits per heavy atom. The monoisotopic (exact) mass is 324 g/mol. The average Bonchev–Trinajstić information content (AvgIpc) is 2.64. The minimum atomic E-state index is -0.661. The zero-order valence-corrected chi connectivity index (χ0v) is 15.1. The van der Waals surface area contributed by atoms with Gasteiger partial charge >= 0.3 is 0 Å². The summed E-state index contributed by atoms with van der Waals surface area (Å²) in [4.78, 5) is 0. The molecule has 1 heteroatoms. The highest BCUT2D eigenvalue weighted by Crippen LogP contribution is 2.33. The van der Waals surface area contributed by atoms with Gasteiger partial charge in [0.05, 0.1) is 5.60 Å². The number of aliphatic hydroxyl groups is 1. The fourth-order valence-electron chi connectivity index (χ4n) is 3.40. The van der Waals surface area contributed by atoms with Gasteiger partial charge < -0.3 is 5.11 Å². The SMILES string of the molecule is CCCCCCC(O)(CCCCc1ccccc1)c1ccccc1. The van der Waals surface area contributed by atoms with E-state index in [1.807, 2.05) is 18.2 Å². The average molecular weight is 325 g/mol. The van der Waals surface area contributed by atoms with Crippen LogP contribution in [0.5, 0.6) is 0 Å². The number of aryl methyl sites for hydroxylation is 1. The van der Waals surface area contributed by atoms with E-state index in [0.717, 1.165) is 44.1 Å². The molecule has 1 atom stereocenters. The summed E-state index contributed by atoms with van der Waals surface area (Å²) in [6, 6.07) is 20.9. The van der Waals surface area contributed by atoms with Gasteiger partial charge in [0.15, 0.2) is 0 Å². The molecule has 130 valence electrons. The van der Waals surface area contributed by atoms with Crippen LogP contribution in [0.25, 0.3) is 0 Å². The van der Waals surface area contributed by atoms with Crippen molar-refractivity contribution in [2.24, 2.45) is 0 Å². The molecule has 1 nitrogen and oxygen atoms in total. The number of rotatable bonds is 11. The van der Waals surface area contributed by atoms with E-state index in [1.54, 1.807) is 0 Å². The molecule has 2 aromatic rings. The van der Waals surface area contributed by atoms with Gasteiger partial charge in [-0.3, -0.25) is 0 Å². The third kappa shape index (κ3) is 6.13. The first kappa shape index (κ1) is 18.7. The van der Waals surface area contributed by atoms with Crippen molar-refractivity contribution in [3.05, 3.63) is 71.8 Å². The molecule has 1 N–H and O–H groups in total. The maximum absolute atomic E-state index is 11.3. The van der Waals surface area contributed by atoms with Crippen LogP contribution >= 0.6 is 0 Å². The molecule has 0 bridgehead atoms. The molecular formula is C23H32O. The van der Waals surface area contributed by atoms with E-state index < -0.39 is 5.60 Å². The third-order valence-corrected chi connectivity index (χ3v) is 4.90. The molecule has 1 unspecified atom stereocenters. The zero-order chi connectivity index (χ0) is 17.1. The number of unbranched alkanes of at least 4 members (excludes halogenated alkanes) is 4. The molecule has 0 radical (unpaired) electrons. The Hall–Kier alpha value is -1.60. The first-order chi connectivity index (χ1) is 11.7. The van der Waals surface area contributed by atoms with E-state index in [4.69, 9.17) is 0 Å². The highest BCUT2D eigenvalue weighted by Gasteiger charge is 2.27. The molecule has 0 fully saturated rings. The Labute approximate surface area is 147 Å². The Morgan fingerprint density at radius 1 is 0.708 bits per heavy atom. The van der Waals surface area contributed by atoms with Crippen molar-refractivity contribution in [3.8, 4) is 0 Å². The van der Waals surface area contributed by atoms with Crippen LogP contribution in [0.3, 0.4) is 0 Å². The topological polar surface area (TPSA) is 20.2 Å². The summed E-state index contributed by atoms with van der Waals surface area (Å²) >= 11 is 0. The van der Waals surface area contributed by atoms with Gasteiger partial charge in [-0.25, -0.2) is 0 Å². The van der Waals surface area contributed by atoms with Gasteiger partial charge in [0.1, 0.15) is 0 Å². The molecule has 2 aromatic carbocycles. The van der Waals surface area contributed by atoms with E-state index in [2.05, 4.69) is 49.4 Å². The summed E-state index contributed by atoms with van der Waals surface area (Å²) in [5, 5.41) is 11.3. The lowest BCUT2D eigenvalue weighted by atomic mass is 9.83. The van der Waals surface area contributed by atoms with Crippen molar-refractivity contribution in [3.63, 3.8) is 0 Å². The van der Waals surface area contributed by atoms with Crippen LogP contribution in [0, 0.1) is 0 Å². The van der Waals surface area contributed by atoms with Crippen molar-refractivity contribution in [1.29, 1.82) is 0 Å². The highest BCUT2D eigenvalue weighted by atomic mass is 16.3. The van der Waals surface area contributed by atoms with Crippen LogP contribution in [0.1, 0.15) is 69.4 Å². The van der Waals surface area contributed by atoms with E-state index in [0.29, 0.717) is 0 Å². The first-order valence-corrected chi connectivity index (χ1v) is 9.56. The van der Waals surface area contributed by atoms with Crippen LogP contribution in [-0.2, 0) is 12.0 Å². The summed E-state index contributed by atoms with van der Waals surface area (Å²) in [6.45, 7) is 2.23. The maximum Gasteiger partial charge on any atom is 0.0896 e. The van der Waals surface area contributed by atoms with Crippen molar-refractivity contribution < 1.29 is 5.11 Å². The largest absolute Gasteiger partial charge is 0.385 e. The second kappa shape index (κ2) is 10.3. The predicted molar refractivity (Wildman–Crippen MR) is 103 cm³/mol. The molecule has 2 rings (SSSR count). The maximum atomic E-state index is 11.3. The predicted octanol–water partition coefficient (Wildman–Crippen LogP) is 6.26. The van der Waals surface area contributed by atoms with E-state index in [9.17, 15) is 5.11 Å².